The van der Waals surface area contributed by atoms with Gasteiger partial charge < -0.3 is 39.7 Å². The summed E-state index contributed by atoms with van der Waals surface area (Å²) in [5.74, 6) is 0. The van der Waals surface area contributed by atoms with Gasteiger partial charge in [-0.25, -0.2) is 0 Å². The fraction of sp³-hybridized carbons (Fsp3) is 1.00. The predicted molar refractivity (Wildman–Crippen MR) is 76.1 cm³/mol. The molecule has 1 aliphatic rings. The summed E-state index contributed by atoms with van der Waals surface area (Å²) in [6, 6.07) is 0. The number of hydrogen-bond donors (Lipinski definition) is 5. The summed E-state index contributed by atoms with van der Waals surface area (Å²) in [7, 11) is 0. The summed E-state index contributed by atoms with van der Waals surface area (Å²) in [6.45, 7) is 2.07. The van der Waals surface area contributed by atoms with E-state index in [2.05, 4.69) is 6.92 Å². The second kappa shape index (κ2) is 10.5. The number of unbranched alkanes of at least 4 members (excludes halogenated alkanes) is 2. The van der Waals surface area contributed by atoms with Gasteiger partial charge in [0.05, 0.1) is 19.8 Å². The molecule has 8 nitrogen and oxygen atoms in total. The van der Waals surface area contributed by atoms with Crippen LogP contribution in [0.2, 0.25) is 0 Å². The molecule has 6 atom stereocenters. The molecule has 1 fully saturated rings. The van der Waals surface area contributed by atoms with E-state index in [9.17, 15) is 20.4 Å². The minimum atomic E-state index is -1.49. The van der Waals surface area contributed by atoms with Crippen LogP contribution in [0.5, 0.6) is 0 Å². The third kappa shape index (κ3) is 6.05. The van der Waals surface area contributed by atoms with Gasteiger partial charge in [-0.1, -0.05) is 19.8 Å². The van der Waals surface area contributed by atoms with Crippen LogP contribution in [-0.4, -0.2) is 88.8 Å². The largest absolute Gasteiger partial charge is 0.394 e. The maximum absolute atomic E-state index is 9.75. The Hall–Kier alpha value is -0.320. The molecule has 132 valence electrons. The Morgan fingerprint density at radius 3 is 2.41 bits per heavy atom. The van der Waals surface area contributed by atoms with Crippen molar-refractivity contribution in [2.24, 2.45) is 0 Å². The van der Waals surface area contributed by atoms with Crippen LogP contribution in [0, 0.1) is 0 Å². The quantitative estimate of drug-likeness (QED) is 0.303. The van der Waals surface area contributed by atoms with Crippen LogP contribution in [0.1, 0.15) is 26.2 Å². The Balaban J connectivity index is 2.27. The van der Waals surface area contributed by atoms with E-state index in [-0.39, 0.29) is 13.2 Å². The molecule has 1 aliphatic heterocycles. The van der Waals surface area contributed by atoms with E-state index in [0.717, 1.165) is 19.3 Å². The van der Waals surface area contributed by atoms with Crippen LogP contribution in [0.15, 0.2) is 0 Å². The van der Waals surface area contributed by atoms with Crippen molar-refractivity contribution in [3.05, 3.63) is 0 Å². The highest BCUT2D eigenvalue weighted by Gasteiger charge is 2.44. The van der Waals surface area contributed by atoms with Crippen LogP contribution in [0.25, 0.3) is 0 Å². The molecule has 22 heavy (non-hydrogen) atoms. The summed E-state index contributed by atoms with van der Waals surface area (Å²) in [6.07, 6.45) is -4.44. The molecule has 0 spiro atoms. The number of rotatable bonds is 10. The zero-order valence-electron chi connectivity index (χ0n) is 12.9. The minimum Gasteiger partial charge on any atom is -0.394 e. The number of ether oxygens (including phenoxy) is 3. The molecule has 1 saturated heterocycles. The van der Waals surface area contributed by atoms with Crippen LogP contribution < -0.4 is 0 Å². The van der Waals surface area contributed by atoms with Gasteiger partial charge in [0.25, 0.3) is 0 Å². The number of hydrogen-bond acceptors (Lipinski definition) is 8. The predicted octanol–water partition coefficient (Wildman–Crippen LogP) is -1.63. The monoisotopic (exact) mass is 324 g/mol. The van der Waals surface area contributed by atoms with Gasteiger partial charge in [0.2, 0.25) is 0 Å². The first-order valence-electron chi connectivity index (χ1n) is 7.69. The third-order valence-corrected chi connectivity index (χ3v) is 3.50. The normalized spacial score (nSPS) is 33.8. The van der Waals surface area contributed by atoms with Crippen molar-refractivity contribution in [1.29, 1.82) is 0 Å². The first kappa shape index (κ1) is 19.7. The Morgan fingerprint density at radius 2 is 1.77 bits per heavy atom. The van der Waals surface area contributed by atoms with E-state index in [1.807, 2.05) is 0 Å². The van der Waals surface area contributed by atoms with E-state index < -0.39 is 43.4 Å². The topological polar surface area (TPSA) is 129 Å². The Kier molecular flexibility index (Phi) is 9.37. The fourth-order valence-corrected chi connectivity index (χ4v) is 2.13. The first-order chi connectivity index (χ1) is 10.5. The Bertz CT molecular complexity index is 288. The molecular formula is C14H28O8. The molecular weight excluding hydrogens is 296 g/mol. The lowest BCUT2D eigenvalue weighted by molar-refractivity contribution is -0.305. The molecule has 0 bridgehead atoms. The zero-order chi connectivity index (χ0) is 16.5. The summed E-state index contributed by atoms with van der Waals surface area (Å²) >= 11 is 0. The first-order valence-corrected chi connectivity index (χ1v) is 7.69. The minimum absolute atomic E-state index is 0.0983. The maximum atomic E-state index is 9.75. The highest BCUT2D eigenvalue weighted by molar-refractivity contribution is 4.88. The van der Waals surface area contributed by atoms with Crippen LogP contribution in [-0.2, 0) is 14.2 Å². The van der Waals surface area contributed by atoms with Gasteiger partial charge in [-0.2, -0.15) is 0 Å². The molecule has 0 aromatic heterocycles. The highest BCUT2D eigenvalue weighted by atomic mass is 16.7. The second-order valence-corrected chi connectivity index (χ2v) is 5.47. The van der Waals surface area contributed by atoms with E-state index in [0.29, 0.717) is 6.61 Å². The van der Waals surface area contributed by atoms with Crippen molar-refractivity contribution in [3.63, 3.8) is 0 Å². The average molecular weight is 324 g/mol. The second-order valence-electron chi connectivity index (χ2n) is 5.47. The van der Waals surface area contributed by atoms with E-state index in [1.165, 1.54) is 0 Å². The van der Waals surface area contributed by atoms with Gasteiger partial charge in [0.1, 0.15) is 30.5 Å². The van der Waals surface area contributed by atoms with Gasteiger partial charge in [-0.3, -0.25) is 0 Å². The van der Waals surface area contributed by atoms with Crippen molar-refractivity contribution < 1.29 is 39.7 Å². The Morgan fingerprint density at radius 1 is 1.05 bits per heavy atom. The van der Waals surface area contributed by atoms with Crippen molar-refractivity contribution in [1.82, 2.24) is 0 Å². The molecule has 1 unspecified atom stereocenters. The Labute approximate surface area is 130 Å². The maximum Gasteiger partial charge on any atom is 0.186 e. The average Bonchev–Trinajstić information content (AvgIpc) is 2.52. The molecule has 0 aromatic carbocycles. The van der Waals surface area contributed by atoms with Gasteiger partial charge in [-0.15, -0.1) is 0 Å². The summed E-state index contributed by atoms with van der Waals surface area (Å²) in [5.41, 5.74) is 0. The molecule has 0 aliphatic carbocycles. The molecule has 0 amide bonds. The summed E-state index contributed by atoms with van der Waals surface area (Å²) < 4.78 is 15.6. The van der Waals surface area contributed by atoms with Crippen LogP contribution in [0.4, 0.5) is 0 Å². The molecule has 0 aromatic rings. The molecule has 1 heterocycles. The standard InChI is InChI=1S/C14H28O8/c1-2-3-4-5-20-7-9(16)8-21-14-13(19)12(18)11(17)10(6-15)22-14/h9-19H,2-8H2,1H3/t9?,10-,11+,12+,13-,14+/m1/s1. The summed E-state index contributed by atoms with van der Waals surface area (Å²) in [4.78, 5) is 0. The summed E-state index contributed by atoms with van der Waals surface area (Å²) in [5, 5.41) is 47.7. The van der Waals surface area contributed by atoms with Gasteiger partial charge in [0.15, 0.2) is 6.29 Å². The fourth-order valence-electron chi connectivity index (χ4n) is 2.13. The number of aliphatic hydroxyl groups excluding tert-OH is 5. The lowest BCUT2D eigenvalue weighted by Gasteiger charge is -2.39. The van der Waals surface area contributed by atoms with E-state index >= 15 is 0 Å². The molecule has 5 N–H and O–H groups in total. The van der Waals surface area contributed by atoms with Gasteiger partial charge in [0, 0.05) is 6.61 Å². The van der Waals surface area contributed by atoms with Crippen molar-refractivity contribution in [3.8, 4) is 0 Å². The highest BCUT2D eigenvalue weighted by Crippen LogP contribution is 2.21. The van der Waals surface area contributed by atoms with Crippen LogP contribution >= 0.6 is 0 Å². The number of aliphatic hydroxyl groups is 5. The van der Waals surface area contributed by atoms with Gasteiger partial charge >= 0.3 is 0 Å². The van der Waals surface area contributed by atoms with Crippen LogP contribution in [0.3, 0.4) is 0 Å². The molecule has 8 heteroatoms. The van der Waals surface area contributed by atoms with Gasteiger partial charge in [-0.05, 0) is 6.42 Å². The zero-order valence-corrected chi connectivity index (χ0v) is 12.9. The molecule has 0 saturated carbocycles. The lowest BCUT2D eigenvalue weighted by Crippen LogP contribution is -2.59. The SMILES string of the molecule is CCCCCOCC(O)CO[C@H]1O[C@H](CO)[C@H](O)[C@H](O)[C@H]1O. The van der Waals surface area contributed by atoms with Crippen molar-refractivity contribution in [2.45, 2.75) is 63.0 Å². The smallest absolute Gasteiger partial charge is 0.186 e. The van der Waals surface area contributed by atoms with Crippen molar-refractivity contribution in [2.75, 3.05) is 26.4 Å². The van der Waals surface area contributed by atoms with Crippen molar-refractivity contribution >= 4 is 0 Å². The molecule has 0 radical (unpaired) electrons. The third-order valence-electron chi connectivity index (χ3n) is 3.50. The molecule has 1 rings (SSSR count). The van der Waals surface area contributed by atoms with E-state index in [4.69, 9.17) is 19.3 Å². The van der Waals surface area contributed by atoms with E-state index in [1.54, 1.807) is 0 Å². The lowest BCUT2D eigenvalue weighted by atomic mass is 9.99.